The van der Waals surface area contributed by atoms with Crippen LogP contribution >= 0.6 is 48.0 Å². The highest BCUT2D eigenvalue weighted by Gasteiger charge is 2.16. The third-order valence-corrected chi connectivity index (χ3v) is 4.88. The van der Waals surface area contributed by atoms with Crippen LogP contribution in [0.15, 0.2) is 48.5 Å². The van der Waals surface area contributed by atoms with Crippen LogP contribution in [-0.4, -0.2) is 42.5 Å². The second-order valence-electron chi connectivity index (χ2n) is 6.12. The standard InChI is InChI=1S/C19H22Cl2N2.2ClH/c20-18-6-4-16(5-7-18)8-9-22-10-12-23(13-11-22)15-17-2-1-3-19(21)14-17;;/h1-7,14H,8-13,15H2;2*1H. The number of rotatable bonds is 5. The van der Waals surface area contributed by atoms with E-state index in [-0.39, 0.29) is 24.8 Å². The summed E-state index contributed by atoms with van der Waals surface area (Å²) in [6, 6.07) is 16.4. The lowest BCUT2D eigenvalue weighted by Gasteiger charge is -2.34. The molecule has 138 valence electrons. The highest BCUT2D eigenvalue weighted by molar-refractivity contribution is 6.30. The molecule has 1 aliphatic rings. The molecule has 2 aromatic carbocycles. The van der Waals surface area contributed by atoms with Crippen LogP contribution in [0.4, 0.5) is 0 Å². The van der Waals surface area contributed by atoms with Crippen molar-refractivity contribution in [3.63, 3.8) is 0 Å². The molecule has 3 rings (SSSR count). The van der Waals surface area contributed by atoms with E-state index in [0.29, 0.717) is 0 Å². The molecular weight excluding hydrogens is 398 g/mol. The minimum Gasteiger partial charge on any atom is -0.300 e. The average molecular weight is 422 g/mol. The van der Waals surface area contributed by atoms with E-state index in [0.717, 1.165) is 55.7 Å². The lowest BCUT2D eigenvalue weighted by Crippen LogP contribution is -2.46. The zero-order chi connectivity index (χ0) is 16.1. The van der Waals surface area contributed by atoms with E-state index in [9.17, 15) is 0 Å². The van der Waals surface area contributed by atoms with E-state index < -0.39 is 0 Å². The molecule has 1 heterocycles. The van der Waals surface area contributed by atoms with Crippen LogP contribution in [0.2, 0.25) is 10.0 Å². The van der Waals surface area contributed by atoms with Crippen LogP contribution in [0.1, 0.15) is 11.1 Å². The van der Waals surface area contributed by atoms with Crippen LogP contribution in [0.5, 0.6) is 0 Å². The molecule has 0 radical (unpaired) electrons. The summed E-state index contributed by atoms with van der Waals surface area (Å²) in [4.78, 5) is 5.05. The molecule has 1 fully saturated rings. The molecule has 6 heteroatoms. The van der Waals surface area contributed by atoms with E-state index in [2.05, 4.69) is 34.1 Å². The maximum atomic E-state index is 6.06. The normalized spacial score (nSPS) is 15.3. The Morgan fingerprint density at radius 3 is 2.00 bits per heavy atom. The summed E-state index contributed by atoms with van der Waals surface area (Å²) in [7, 11) is 0. The summed E-state index contributed by atoms with van der Waals surface area (Å²) < 4.78 is 0. The molecule has 2 nitrogen and oxygen atoms in total. The Hall–Kier alpha value is -0.480. The van der Waals surface area contributed by atoms with Crippen molar-refractivity contribution in [3.8, 4) is 0 Å². The Bertz CT molecular complexity index is 626. The molecule has 25 heavy (non-hydrogen) atoms. The molecule has 0 amide bonds. The van der Waals surface area contributed by atoms with Gasteiger partial charge in [0.15, 0.2) is 0 Å². The summed E-state index contributed by atoms with van der Waals surface area (Å²) in [5, 5.41) is 1.63. The number of hydrogen-bond acceptors (Lipinski definition) is 2. The Morgan fingerprint density at radius 1 is 0.720 bits per heavy atom. The van der Waals surface area contributed by atoms with Gasteiger partial charge in [0.1, 0.15) is 0 Å². The summed E-state index contributed by atoms with van der Waals surface area (Å²) in [5.74, 6) is 0. The molecule has 0 unspecified atom stereocenters. The van der Waals surface area contributed by atoms with Gasteiger partial charge >= 0.3 is 0 Å². The van der Waals surface area contributed by atoms with Gasteiger partial charge in [0.2, 0.25) is 0 Å². The number of benzene rings is 2. The van der Waals surface area contributed by atoms with Crippen molar-refractivity contribution in [1.29, 1.82) is 0 Å². The second-order valence-corrected chi connectivity index (χ2v) is 7.00. The maximum absolute atomic E-state index is 6.06. The molecule has 1 aliphatic heterocycles. The van der Waals surface area contributed by atoms with Gasteiger partial charge in [-0.15, -0.1) is 24.8 Å². The van der Waals surface area contributed by atoms with Crippen molar-refractivity contribution in [3.05, 3.63) is 69.7 Å². The van der Waals surface area contributed by atoms with Crippen molar-refractivity contribution in [1.82, 2.24) is 9.80 Å². The summed E-state index contributed by atoms with van der Waals surface area (Å²) >= 11 is 12.0. The minimum atomic E-state index is 0. The van der Waals surface area contributed by atoms with Crippen molar-refractivity contribution in [2.45, 2.75) is 13.0 Å². The van der Waals surface area contributed by atoms with Gasteiger partial charge in [-0.2, -0.15) is 0 Å². The number of piperazine rings is 1. The van der Waals surface area contributed by atoms with Crippen molar-refractivity contribution < 1.29 is 0 Å². The highest BCUT2D eigenvalue weighted by Crippen LogP contribution is 2.15. The van der Waals surface area contributed by atoms with Crippen LogP contribution in [0, 0.1) is 0 Å². The zero-order valence-electron chi connectivity index (χ0n) is 14.0. The monoisotopic (exact) mass is 420 g/mol. The predicted octanol–water partition coefficient (Wildman–Crippen LogP) is 5.20. The van der Waals surface area contributed by atoms with E-state index in [1.807, 2.05) is 24.3 Å². The predicted molar refractivity (Wildman–Crippen MR) is 113 cm³/mol. The SMILES string of the molecule is Cl.Cl.Clc1ccc(CCN2CCN(Cc3cccc(Cl)c3)CC2)cc1. The third kappa shape index (κ3) is 7.34. The molecule has 2 aromatic rings. The maximum Gasteiger partial charge on any atom is 0.0409 e. The smallest absolute Gasteiger partial charge is 0.0409 e. The molecule has 0 aromatic heterocycles. The van der Waals surface area contributed by atoms with E-state index in [1.54, 1.807) is 0 Å². The van der Waals surface area contributed by atoms with Gasteiger partial charge in [-0.05, 0) is 41.8 Å². The van der Waals surface area contributed by atoms with Crippen LogP contribution in [0.3, 0.4) is 0 Å². The molecule has 0 spiro atoms. The fourth-order valence-electron chi connectivity index (χ4n) is 3.00. The quantitative estimate of drug-likeness (QED) is 0.654. The zero-order valence-corrected chi connectivity index (χ0v) is 17.2. The lowest BCUT2D eigenvalue weighted by atomic mass is 10.1. The van der Waals surface area contributed by atoms with Gasteiger partial charge in [0, 0.05) is 49.3 Å². The first-order valence-electron chi connectivity index (χ1n) is 8.13. The molecule has 0 atom stereocenters. The summed E-state index contributed by atoms with van der Waals surface area (Å²) in [5.41, 5.74) is 2.66. The van der Waals surface area contributed by atoms with Gasteiger partial charge in [0.25, 0.3) is 0 Å². The Labute approximate surface area is 172 Å². The van der Waals surface area contributed by atoms with Gasteiger partial charge in [-0.25, -0.2) is 0 Å². The highest BCUT2D eigenvalue weighted by atomic mass is 35.5. The second kappa shape index (κ2) is 11.3. The fourth-order valence-corrected chi connectivity index (χ4v) is 3.34. The molecule has 1 saturated heterocycles. The van der Waals surface area contributed by atoms with Gasteiger partial charge in [-0.3, -0.25) is 4.90 Å². The molecule has 0 saturated carbocycles. The Balaban J connectivity index is 0.00000156. The first-order chi connectivity index (χ1) is 11.2. The number of nitrogens with zero attached hydrogens (tertiary/aromatic N) is 2. The summed E-state index contributed by atoms with van der Waals surface area (Å²) in [6.07, 6.45) is 1.09. The largest absolute Gasteiger partial charge is 0.300 e. The van der Waals surface area contributed by atoms with Crippen LogP contribution < -0.4 is 0 Å². The van der Waals surface area contributed by atoms with Gasteiger partial charge < -0.3 is 4.90 Å². The molecule has 0 N–H and O–H groups in total. The topological polar surface area (TPSA) is 6.48 Å². The van der Waals surface area contributed by atoms with E-state index in [1.165, 1.54) is 11.1 Å². The number of hydrogen-bond donors (Lipinski definition) is 0. The Morgan fingerprint density at radius 2 is 1.36 bits per heavy atom. The van der Waals surface area contributed by atoms with Gasteiger partial charge in [0.05, 0.1) is 0 Å². The van der Waals surface area contributed by atoms with E-state index >= 15 is 0 Å². The van der Waals surface area contributed by atoms with Crippen molar-refractivity contribution in [2.75, 3.05) is 32.7 Å². The minimum absolute atomic E-state index is 0. The lowest BCUT2D eigenvalue weighted by molar-refractivity contribution is 0.128. The molecular formula is C19H24Cl4N2. The average Bonchev–Trinajstić information content (AvgIpc) is 2.56. The van der Waals surface area contributed by atoms with E-state index in [4.69, 9.17) is 23.2 Å². The first kappa shape index (κ1) is 22.6. The third-order valence-electron chi connectivity index (χ3n) is 4.39. The van der Waals surface area contributed by atoms with Crippen LogP contribution in [0.25, 0.3) is 0 Å². The van der Waals surface area contributed by atoms with Crippen molar-refractivity contribution in [2.24, 2.45) is 0 Å². The number of halogens is 4. The molecule has 0 bridgehead atoms. The summed E-state index contributed by atoms with van der Waals surface area (Å²) in [6.45, 7) is 6.61. The van der Waals surface area contributed by atoms with Crippen molar-refractivity contribution >= 4 is 48.0 Å². The first-order valence-corrected chi connectivity index (χ1v) is 8.88. The fraction of sp³-hybridized carbons (Fsp3) is 0.368. The molecule has 0 aliphatic carbocycles. The Kier molecular flexibility index (Phi) is 10.2. The van der Waals surface area contributed by atoms with Crippen LogP contribution in [-0.2, 0) is 13.0 Å². The van der Waals surface area contributed by atoms with Gasteiger partial charge in [-0.1, -0.05) is 47.5 Å².